The summed E-state index contributed by atoms with van der Waals surface area (Å²) in [4.78, 5) is 13.1. The fourth-order valence-corrected chi connectivity index (χ4v) is 2.66. The second-order valence-corrected chi connectivity index (χ2v) is 7.18. The molecule has 2 N–H and O–H groups in total. The van der Waals surface area contributed by atoms with Crippen LogP contribution in [0.3, 0.4) is 0 Å². The second kappa shape index (κ2) is 7.59. The number of morpholine rings is 1. The number of halogens is 3. The summed E-state index contributed by atoms with van der Waals surface area (Å²) in [5.41, 5.74) is 0.962. The van der Waals surface area contributed by atoms with E-state index in [0.717, 1.165) is 18.7 Å². The molecule has 0 aliphatic carbocycles. The molecule has 0 radical (unpaired) electrons. The molecule has 0 bridgehead atoms. The van der Waals surface area contributed by atoms with Gasteiger partial charge in [-0.2, -0.15) is 0 Å². The van der Waals surface area contributed by atoms with Crippen molar-refractivity contribution in [2.24, 2.45) is 0 Å². The third kappa shape index (κ3) is 4.81. The molecule has 122 valence electrons. The summed E-state index contributed by atoms with van der Waals surface area (Å²) in [6.07, 6.45) is 0. The summed E-state index contributed by atoms with van der Waals surface area (Å²) in [7, 11) is 0. The standard InChI is InChI=1S/C15H19Cl2FN2O2/c1-15(16,17)14(21)19-10-13(20-6-8-22-9-7-20)11-2-4-12(18)5-3-11/h2-5,13H,6-10H2,1H3,(H,19,21)/p+1/t13-/m0/s1. The van der Waals surface area contributed by atoms with Crippen molar-refractivity contribution in [3.05, 3.63) is 35.6 Å². The van der Waals surface area contributed by atoms with E-state index < -0.39 is 10.2 Å². The average molecular weight is 350 g/mol. The van der Waals surface area contributed by atoms with Crippen LogP contribution >= 0.6 is 23.2 Å². The monoisotopic (exact) mass is 349 g/mol. The van der Waals surface area contributed by atoms with E-state index in [2.05, 4.69) is 5.32 Å². The minimum absolute atomic E-state index is 0.00383. The van der Waals surface area contributed by atoms with Crippen LogP contribution in [0.5, 0.6) is 0 Å². The van der Waals surface area contributed by atoms with Crippen LogP contribution in [-0.2, 0) is 9.53 Å². The fourth-order valence-electron chi connectivity index (χ4n) is 2.52. The molecule has 1 amide bonds. The van der Waals surface area contributed by atoms with E-state index in [1.165, 1.54) is 24.0 Å². The molecule has 1 aromatic carbocycles. The zero-order valence-electron chi connectivity index (χ0n) is 12.4. The van der Waals surface area contributed by atoms with Crippen molar-refractivity contribution in [1.82, 2.24) is 5.32 Å². The molecule has 1 heterocycles. The first-order valence-corrected chi connectivity index (χ1v) is 7.97. The van der Waals surface area contributed by atoms with Gasteiger partial charge in [0, 0.05) is 5.56 Å². The fraction of sp³-hybridized carbons (Fsp3) is 0.533. The summed E-state index contributed by atoms with van der Waals surface area (Å²) in [6, 6.07) is 6.35. The number of benzene rings is 1. The second-order valence-electron chi connectivity index (χ2n) is 5.47. The number of ether oxygens (including phenoxy) is 1. The van der Waals surface area contributed by atoms with Crippen molar-refractivity contribution >= 4 is 29.1 Å². The first-order valence-electron chi connectivity index (χ1n) is 7.22. The van der Waals surface area contributed by atoms with Gasteiger partial charge in [-0.3, -0.25) is 4.79 Å². The highest BCUT2D eigenvalue weighted by Crippen LogP contribution is 2.19. The van der Waals surface area contributed by atoms with Crippen LogP contribution in [0.2, 0.25) is 0 Å². The van der Waals surface area contributed by atoms with Crippen LogP contribution in [0.15, 0.2) is 24.3 Å². The first kappa shape index (κ1) is 17.5. The van der Waals surface area contributed by atoms with Crippen molar-refractivity contribution in [2.45, 2.75) is 17.3 Å². The maximum Gasteiger partial charge on any atom is 0.256 e. The molecule has 0 saturated carbocycles. The lowest BCUT2D eigenvalue weighted by Gasteiger charge is -2.32. The maximum absolute atomic E-state index is 13.1. The molecular formula is C15H20Cl2FN2O2+. The van der Waals surface area contributed by atoms with Crippen molar-refractivity contribution in [1.29, 1.82) is 0 Å². The highest BCUT2D eigenvalue weighted by Gasteiger charge is 2.31. The molecule has 0 aromatic heterocycles. The Kier molecular flexibility index (Phi) is 6.03. The molecular weight excluding hydrogens is 330 g/mol. The Bertz CT molecular complexity index is 499. The van der Waals surface area contributed by atoms with Gasteiger partial charge in [-0.25, -0.2) is 4.39 Å². The van der Waals surface area contributed by atoms with Gasteiger partial charge in [0.15, 0.2) is 4.33 Å². The largest absolute Gasteiger partial charge is 0.370 e. The van der Waals surface area contributed by atoms with Gasteiger partial charge in [0.1, 0.15) is 24.9 Å². The molecule has 1 aromatic rings. The third-order valence-corrected chi connectivity index (χ3v) is 4.11. The van der Waals surface area contributed by atoms with Crippen LogP contribution in [0.25, 0.3) is 0 Å². The van der Waals surface area contributed by atoms with Crippen molar-refractivity contribution in [2.75, 3.05) is 32.8 Å². The zero-order chi connectivity index (χ0) is 16.2. The van der Waals surface area contributed by atoms with E-state index in [9.17, 15) is 9.18 Å². The van der Waals surface area contributed by atoms with Crippen molar-refractivity contribution in [3.63, 3.8) is 0 Å². The Morgan fingerprint density at radius 1 is 1.36 bits per heavy atom. The summed E-state index contributed by atoms with van der Waals surface area (Å²) in [5, 5.41) is 2.77. The van der Waals surface area contributed by atoms with Gasteiger partial charge in [0.05, 0.1) is 19.8 Å². The van der Waals surface area contributed by atoms with Gasteiger partial charge >= 0.3 is 0 Å². The molecule has 1 aliphatic rings. The molecule has 0 unspecified atom stereocenters. The van der Waals surface area contributed by atoms with Crippen LogP contribution < -0.4 is 10.2 Å². The zero-order valence-corrected chi connectivity index (χ0v) is 13.9. The number of carbonyl (C=O) groups excluding carboxylic acids is 1. The number of alkyl halides is 2. The van der Waals surface area contributed by atoms with E-state index in [0.29, 0.717) is 19.8 Å². The Labute approximate surface area is 139 Å². The predicted octanol–water partition coefficient (Wildman–Crippen LogP) is 1.09. The van der Waals surface area contributed by atoms with Crippen LogP contribution in [0.4, 0.5) is 4.39 Å². The molecule has 1 fully saturated rings. The summed E-state index contributed by atoms with van der Waals surface area (Å²) < 4.78 is 17.0. The minimum atomic E-state index is -1.46. The van der Waals surface area contributed by atoms with Crippen LogP contribution in [-0.4, -0.2) is 43.1 Å². The van der Waals surface area contributed by atoms with Crippen molar-refractivity contribution < 1.29 is 18.8 Å². The molecule has 4 nitrogen and oxygen atoms in total. The normalized spacial score (nSPS) is 18.0. The Morgan fingerprint density at radius 2 is 1.95 bits per heavy atom. The highest BCUT2D eigenvalue weighted by molar-refractivity contribution is 6.57. The number of carbonyl (C=O) groups is 1. The number of rotatable bonds is 5. The molecule has 0 spiro atoms. The third-order valence-electron chi connectivity index (χ3n) is 3.77. The smallest absolute Gasteiger partial charge is 0.256 e. The summed E-state index contributed by atoms with van der Waals surface area (Å²) in [5.74, 6) is -0.715. The SMILES string of the molecule is CC(Cl)(Cl)C(=O)NC[C@@H](c1ccc(F)cc1)[NH+]1CCOCC1. The first-order chi connectivity index (χ1) is 10.4. The lowest BCUT2D eigenvalue weighted by molar-refractivity contribution is -0.937. The van der Waals surface area contributed by atoms with Gasteiger partial charge < -0.3 is 15.0 Å². The average Bonchev–Trinajstić information content (AvgIpc) is 2.49. The predicted molar refractivity (Wildman–Crippen MR) is 83.8 cm³/mol. The van der Waals surface area contributed by atoms with Gasteiger partial charge in [-0.05, 0) is 19.1 Å². The number of amides is 1. The topological polar surface area (TPSA) is 42.8 Å². The molecule has 1 atom stereocenters. The lowest BCUT2D eigenvalue weighted by atomic mass is 10.0. The van der Waals surface area contributed by atoms with Gasteiger partial charge in [-0.15, -0.1) is 0 Å². The highest BCUT2D eigenvalue weighted by atomic mass is 35.5. The van der Waals surface area contributed by atoms with E-state index in [4.69, 9.17) is 27.9 Å². The van der Waals surface area contributed by atoms with E-state index in [1.54, 1.807) is 12.1 Å². The molecule has 2 rings (SSSR count). The van der Waals surface area contributed by atoms with Crippen LogP contribution in [0, 0.1) is 5.82 Å². The van der Waals surface area contributed by atoms with E-state index in [1.807, 2.05) is 0 Å². The lowest BCUT2D eigenvalue weighted by Crippen LogP contribution is -3.15. The number of nitrogens with one attached hydrogen (secondary N) is 2. The number of hydrogen-bond acceptors (Lipinski definition) is 2. The van der Waals surface area contributed by atoms with Gasteiger partial charge in [0.25, 0.3) is 5.91 Å². The molecule has 7 heteroatoms. The summed E-state index contributed by atoms with van der Waals surface area (Å²) >= 11 is 11.6. The van der Waals surface area contributed by atoms with Gasteiger partial charge in [0.2, 0.25) is 0 Å². The number of quaternary nitrogens is 1. The Balaban J connectivity index is 2.11. The Morgan fingerprint density at radius 3 is 2.50 bits per heavy atom. The maximum atomic E-state index is 13.1. The quantitative estimate of drug-likeness (QED) is 0.781. The minimum Gasteiger partial charge on any atom is -0.370 e. The van der Waals surface area contributed by atoms with Crippen molar-refractivity contribution in [3.8, 4) is 0 Å². The van der Waals surface area contributed by atoms with E-state index in [-0.39, 0.29) is 11.9 Å². The Hall–Kier alpha value is -0.880. The molecule has 22 heavy (non-hydrogen) atoms. The molecule has 1 aliphatic heterocycles. The van der Waals surface area contributed by atoms with Crippen LogP contribution in [0.1, 0.15) is 18.5 Å². The molecule has 1 saturated heterocycles. The van der Waals surface area contributed by atoms with Gasteiger partial charge in [-0.1, -0.05) is 35.3 Å². The summed E-state index contributed by atoms with van der Waals surface area (Å²) in [6.45, 7) is 4.82. The van der Waals surface area contributed by atoms with E-state index >= 15 is 0 Å². The number of hydrogen-bond donors (Lipinski definition) is 2.